The normalized spacial score (nSPS) is 18.2. The van der Waals surface area contributed by atoms with E-state index < -0.39 is 0 Å². The number of hydrogen-bond donors (Lipinski definition) is 1. The van der Waals surface area contributed by atoms with E-state index in [1.165, 1.54) is 17.5 Å². The lowest BCUT2D eigenvalue weighted by Crippen LogP contribution is -2.35. The molecule has 1 amide bonds. The van der Waals surface area contributed by atoms with E-state index in [1.54, 1.807) is 0 Å². The Morgan fingerprint density at radius 2 is 1.70 bits per heavy atom. The first-order chi connectivity index (χ1) is 11.2. The summed E-state index contributed by atoms with van der Waals surface area (Å²) in [6, 6.07) is 6.05. The van der Waals surface area contributed by atoms with Crippen molar-refractivity contribution in [2.75, 3.05) is 26.2 Å². The van der Waals surface area contributed by atoms with Crippen LogP contribution in [0.25, 0.3) is 0 Å². The fraction of sp³-hybridized carbons (Fsp3) is 0.579. The first-order valence-corrected chi connectivity index (χ1v) is 8.87. The zero-order valence-corrected chi connectivity index (χ0v) is 13.8. The quantitative estimate of drug-likeness (QED) is 0.868. The molecule has 23 heavy (non-hydrogen) atoms. The van der Waals surface area contributed by atoms with E-state index in [-0.39, 0.29) is 11.7 Å². The maximum Gasteiger partial charge on any atom is 0.223 e. The molecule has 0 radical (unpaired) electrons. The van der Waals surface area contributed by atoms with Gasteiger partial charge in [0, 0.05) is 31.5 Å². The Morgan fingerprint density at radius 3 is 2.48 bits per heavy atom. The van der Waals surface area contributed by atoms with Crippen LogP contribution in [0.4, 0.5) is 0 Å². The second-order valence-electron chi connectivity index (χ2n) is 6.60. The lowest BCUT2D eigenvalue weighted by atomic mass is 9.97. The highest BCUT2D eigenvalue weighted by atomic mass is 16.2. The number of piperidine rings is 1. The fourth-order valence-corrected chi connectivity index (χ4v) is 3.51. The van der Waals surface area contributed by atoms with Crippen LogP contribution >= 0.6 is 0 Å². The molecule has 0 saturated carbocycles. The number of benzene rings is 1. The molecular weight excluding hydrogens is 288 g/mol. The van der Waals surface area contributed by atoms with Gasteiger partial charge in [0.05, 0.1) is 0 Å². The van der Waals surface area contributed by atoms with Crippen LogP contribution < -0.4 is 5.32 Å². The number of ketones is 1. The van der Waals surface area contributed by atoms with Gasteiger partial charge in [-0.15, -0.1) is 0 Å². The average Bonchev–Trinajstić information content (AvgIpc) is 2.84. The molecule has 0 unspecified atom stereocenters. The van der Waals surface area contributed by atoms with Gasteiger partial charge in [-0.25, -0.2) is 0 Å². The Morgan fingerprint density at radius 1 is 0.957 bits per heavy atom. The molecule has 4 heteroatoms. The fourth-order valence-electron chi connectivity index (χ4n) is 3.51. The number of nitrogens with one attached hydrogen (secondary N) is 1. The molecular formula is C19H26N2O2. The molecule has 0 aliphatic carbocycles. The minimum absolute atomic E-state index is 0.0929. The van der Waals surface area contributed by atoms with E-state index >= 15 is 0 Å². The van der Waals surface area contributed by atoms with E-state index in [9.17, 15) is 9.59 Å². The van der Waals surface area contributed by atoms with Gasteiger partial charge in [0.15, 0.2) is 5.78 Å². The van der Waals surface area contributed by atoms with Crippen molar-refractivity contribution in [3.05, 3.63) is 34.9 Å². The Kier molecular flexibility index (Phi) is 5.44. The number of Topliss-reactive ketones (excluding diaryl/α,β-unsaturated/α-hetero) is 1. The van der Waals surface area contributed by atoms with Gasteiger partial charge in [-0.05, 0) is 62.4 Å². The van der Waals surface area contributed by atoms with Gasteiger partial charge in [-0.3, -0.25) is 9.59 Å². The summed E-state index contributed by atoms with van der Waals surface area (Å²) in [6.45, 7) is 3.69. The molecule has 1 aromatic rings. The zero-order chi connectivity index (χ0) is 16.1. The molecule has 0 bridgehead atoms. The lowest BCUT2D eigenvalue weighted by molar-refractivity contribution is -0.132. The number of likely N-dealkylation sites (tertiary alicyclic amines) is 1. The van der Waals surface area contributed by atoms with Gasteiger partial charge in [0.1, 0.15) is 0 Å². The SMILES string of the molecule is O=C(CCC(=O)N1CCCCC1)c1ccc2c(c1)CCNCC2. The van der Waals surface area contributed by atoms with Gasteiger partial charge in [0.25, 0.3) is 0 Å². The predicted octanol–water partition coefficient (Wildman–Crippen LogP) is 2.35. The van der Waals surface area contributed by atoms with Crippen LogP contribution in [0.3, 0.4) is 0 Å². The summed E-state index contributed by atoms with van der Waals surface area (Å²) in [6.07, 6.45) is 6.08. The Bertz CT molecular complexity index is 577. The number of hydrogen-bond acceptors (Lipinski definition) is 3. The van der Waals surface area contributed by atoms with Crippen LogP contribution in [-0.2, 0) is 17.6 Å². The third kappa shape index (κ3) is 4.20. The first kappa shape index (κ1) is 16.2. The van der Waals surface area contributed by atoms with Crippen molar-refractivity contribution in [2.45, 2.75) is 44.9 Å². The van der Waals surface area contributed by atoms with Gasteiger partial charge < -0.3 is 10.2 Å². The van der Waals surface area contributed by atoms with Crippen molar-refractivity contribution in [1.82, 2.24) is 10.2 Å². The molecule has 2 aliphatic heterocycles. The van der Waals surface area contributed by atoms with Crippen LogP contribution in [0.5, 0.6) is 0 Å². The largest absolute Gasteiger partial charge is 0.343 e. The number of nitrogens with zero attached hydrogens (tertiary/aromatic N) is 1. The molecule has 1 saturated heterocycles. The highest BCUT2D eigenvalue weighted by molar-refractivity contribution is 5.98. The van der Waals surface area contributed by atoms with Crippen LogP contribution in [0.2, 0.25) is 0 Å². The average molecular weight is 314 g/mol. The summed E-state index contributed by atoms with van der Waals surface area (Å²) in [4.78, 5) is 26.5. The summed E-state index contributed by atoms with van der Waals surface area (Å²) in [5.74, 6) is 0.229. The number of rotatable bonds is 4. The van der Waals surface area contributed by atoms with E-state index in [0.717, 1.165) is 57.4 Å². The molecule has 1 N–H and O–H groups in total. The van der Waals surface area contributed by atoms with E-state index in [4.69, 9.17) is 0 Å². The van der Waals surface area contributed by atoms with Crippen LogP contribution in [-0.4, -0.2) is 42.8 Å². The summed E-state index contributed by atoms with van der Waals surface area (Å²) >= 11 is 0. The van der Waals surface area contributed by atoms with Crippen molar-refractivity contribution in [3.8, 4) is 0 Å². The van der Waals surface area contributed by atoms with Crippen LogP contribution in [0, 0.1) is 0 Å². The number of amides is 1. The third-order valence-corrected chi connectivity index (χ3v) is 4.95. The molecule has 124 valence electrons. The molecule has 1 fully saturated rings. The summed E-state index contributed by atoms with van der Waals surface area (Å²) < 4.78 is 0. The smallest absolute Gasteiger partial charge is 0.223 e. The molecule has 2 heterocycles. The number of carbonyl (C=O) groups excluding carboxylic acids is 2. The Balaban J connectivity index is 1.57. The van der Waals surface area contributed by atoms with Crippen molar-refractivity contribution in [1.29, 1.82) is 0 Å². The number of fused-ring (bicyclic) bond motifs is 1. The Labute approximate surface area is 138 Å². The summed E-state index contributed by atoms with van der Waals surface area (Å²) in [5, 5.41) is 3.38. The summed E-state index contributed by atoms with van der Waals surface area (Å²) in [5.41, 5.74) is 3.39. The first-order valence-electron chi connectivity index (χ1n) is 8.87. The highest BCUT2D eigenvalue weighted by Gasteiger charge is 2.18. The second kappa shape index (κ2) is 7.73. The molecule has 2 aliphatic rings. The molecule has 4 nitrogen and oxygen atoms in total. The monoisotopic (exact) mass is 314 g/mol. The highest BCUT2D eigenvalue weighted by Crippen LogP contribution is 2.18. The maximum absolute atomic E-state index is 12.4. The molecule has 1 aromatic carbocycles. The van der Waals surface area contributed by atoms with Gasteiger partial charge >= 0.3 is 0 Å². The van der Waals surface area contributed by atoms with E-state index in [0.29, 0.717) is 12.8 Å². The maximum atomic E-state index is 12.4. The van der Waals surface area contributed by atoms with Crippen molar-refractivity contribution < 1.29 is 9.59 Å². The van der Waals surface area contributed by atoms with Gasteiger partial charge in [-0.2, -0.15) is 0 Å². The minimum Gasteiger partial charge on any atom is -0.343 e. The topological polar surface area (TPSA) is 49.4 Å². The van der Waals surface area contributed by atoms with Crippen molar-refractivity contribution in [2.24, 2.45) is 0 Å². The minimum atomic E-state index is 0.0929. The van der Waals surface area contributed by atoms with E-state index in [1.807, 2.05) is 17.0 Å². The number of carbonyl (C=O) groups is 2. The Hall–Kier alpha value is -1.68. The molecule has 0 spiro atoms. The van der Waals surface area contributed by atoms with Crippen LogP contribution in [0.1, 0.15) is 53.6 Å². The van der Waals surface area contributed by atoms with Gasteiger partial charge in [0.2, 0.25) is 5.91 Å². The molecule has 0 aromatic heterocycles. The summed E-state index contributed by atoms with van der Waals surface area (Å²) in [7, 11) is 0. The lowest BCUT2D eigenvalue weighted by Gasteiger charge is -2.26. The molecule has 0 atom stereocenters. The molecule has 3 rings (SSSR count). The third-order valence-electron chi connectivity index (χ3n) is 4.95. The van der Waals surface area contributed by atoms with Crippen molar-refractivity contribution >= 4 is 11.7 Å². The standard InChI is InChI=1S/C19H26N2O2/c22-18(6-7-19(23)21-12-2-1-3-13-21)17-5-4-15-8-10-20-11-9-16(15)14-17/h4-5,14,20H,1-3,6-13H2. The van der Waals surface area contributed by atoms with Gasteiger partial charge in [-0.1, -0.05) is 12.1 Å². The van der Waals surface area contributed by atoms with Crippen molar-refractivity contribution in [3.63, 3.8) is 0 Å². The second-order valence-corrected chi connectivity index (χ2v) is 6.60. The van der Waals surface area contributed by atoms with E-state index in [2.05, 4.69) is 11.4 Å². The zero-order valence-electron chi connectivity index (χ0n) is 13.8. The van der Waals surface area contributed by atoms with Crippen LogP contribution in [0.15, 0.2) is 18.2 Å². The predicted molar refractivity (Wildman–Crippen MR) is 90.7 cm³/mol.